The number of rotatable bonds is 2. The van der Waals surface area contributed by atoms with Gasteiger partial charge in [0.15, 0.2) is 0 Å². The molecule has 2 unspecified atom stereocenters. The smallest absolute Gasteiger partial charge is 0.253 e. The summed E-state index contributed by atoms with van der Waals surface area (Å²) in [4.78, 5) is 15.7. The third kappa shape index (κ3) is 2.89. The fourth-order valence-electron chi connectivity index (χ4n) is 1.72. The van der Waals surface area contributed by atoms with Gasteiger partial charge in [0, 0.05) is 12.8 Å². The van der Waals surface area contributed by atoms with E-state index in [2.05, 4.69) is 10.3 Å². The van der Waals surface area contributed by atoms with Crippen LogP contribution in [-0.2, 0) is 4.74 Å². The summed E-state index contributed by atoms with van der Waals surface area (Å²) in [5, 5.41) is 3.35. The van der Waals surface area contributed by atoms with Gasteiger partial charge in [0.1, 0.15) is 5.15 Å². The molecule has 2 heterocycles. The summed E-state index contributed by atoms with van der Waals surface area (Å²) in [5.74, 6) is -0.210. The molecule has 1 aliphatic heterocycles. The van der Waals surface area contributed by atoms with Gasteiger partial charge in [-0.3, -0.25) is 4.79 Å². The number of carbonyl (C=O) groups is 1. The van der Waals surface area contributed by atoms with Crippen molar-refractivity contribution < 1.29 is 9.53 Å². The second-order valence-electron chi connectivity index (χ2n) is 3.94. The van der Waals surface area contributed by atoms with Crippen molar-refractivity contribution in [3.8, 4) is 0 Å². The van der Waals surface area contributed by atoms with E-state index in [9.17, 15) is 4.79 Å². The fourth-order valence-corrected chi connectivity index (χ4v) is 1.99. The number of aromatic nitrogens is 1. The molecule has 1 saturated heterocycles. The normalized spacial score (nSPS) is 23.7. The largest absolute Gasteiger partial charge is 0.376 e. The Balaban J connectivity index is 2.06. The van der Waals surface area contributed by atoms with Gasteiger partial charge in [0.05, 0.1) is 22.7 Å². The number of ether oxygens (including phenoxy) is 1. The van der Waals surface area contributed by atoms with Crippen LogP contribution in [0.25, 0.3) is 0 Å². The Kier molecular flexibility index (Phi) is 3.86. The number of amides is 1. The lowest BCUT2D eigenvalue weighted by Crippen LogP contribution is -2.39. The first-order valence-corrected chi connectivity index (χ1v) is 6.07. The second kappa shape index (κ2) is 5.21. The zero-order chi connectivity index (χ0) is 12.4. The van der Waals surface area contributed by atoms with Crippen LogP contribution in [0.4, 0.5) is 0 Å². The lowest BCUT2D eigenvalue weighted by Gasteiger charge is -2.15. The average Bonchev–Trinajstić information content (AvgIpc) is 2.68. The lowest BCUT2D eigenvalue weighted by molar-refractivity contribution is 0.0866. The minimum Gasteiger partial charge on any atom is -0.376 e. The summed E-state index contributed by atoms with van der Waals surface area (Å²) in [6, 6.07) is 1.55. The molecule has 1 fully saturated rings. The minimum atomic E-state index is -0.210. The maximum Gasteiger partial charge on any atom is 0.253 e. The Labute approximate surface area is 109 Å². The van der Waals surface area contributed by atoms with Gasteiger partial charge < -0.3 is 10.1 Å². The average molecular weight is 275 g/mol. The number of hydrogen-bond acceptors (Lipinski definition) is 3. The van der Waals surface area contributed by atoms with E-state index >= 15 is 0 Å². The van der Waals surface area contributed by atoms with Gasteiger partial charge in [-0.15, -0.1) is 0 Å². The van der Waals surface area contributed by atoms with Crippen molar-refractivity contribution in [3.63, 3.8) is 0 Å². The standard InChI is InChI=1S/C11H12Cl2N2O2/c1-6-9(2-3-17-6)15-11(16)7-4-8(12)10(13)14-5-7/h4-6,9H,2-3H2,1H3,(H,15,16). The van der Waals surface area contributed by atoms with E-state index in [-0.39, 0.29) is 28.2 Å². The van der Waals surface area contributed by atoms with Gasteiger partial charge >= 0.3 is 0 Å². The zero-order valence-electron chi connectivity index (χ0n) is 9.24. The third-order valence-electron chi connectivity index (χ3n) is 2.75. The molecule has 4 nitrogen and oxygen atoms in total. The van der Waals surface area contributed by atoms with Crippen molar-refractivity contribution in [1.29, 1.82) is 0 Å². The Morgan fingerprint density at radius 1 is 1.59 bits per heavy atom. The summed E-state index contributed by atoms with van der Waals surface area (Å²) < 4.78 is 5.37. The van der Waals surface area contributed by atoms with E-state index in [1.54, 1.807) is 0 Å². The SMILES string of the molecule is CC1OCCC1NC(=O)c1cnc(Cl)c(Cl)c1. The van der Waals surface area contributed by atoms with Crippen molar-refractivity contribution in [2.75, 3.05) is 6.61 Å². The van der Waals surface area contributed by atoms with E-state index in [0.717, 1.165) is 6.42 Å². The van der Waals surface area contributed by atoms with E-state index in [0.29, 0.717) is 12.2 Å². The third-order valence-corrected chi connectivity index (χ3v) is 3.44. The van der Waals surface area contributed by atoms with E-state index < -0.39 is 0 Å². The Hall–Kier alpha value is -0.840. The van der Waals surface area contributed by atoms with E-state index in [1.165, 1.54) is 12.3 Å². The molecule has 6 heteroatoms. The van der Waals surface area contributed by atoms with Crippen LogP contribution in [-0.4, -0.2) is 29.6 Å². The molecule has 92 valence electrons. The first kappa shape index (κ1) is 12.6. The van der Waals surface area contributed by atoms with Crippen LogP contribution >= 0.6 is 23.2 Å². The first-order chi connectivity index (χ1) is 8.08. The first-order valence-electron chi connectivity index (χ1n) is 5.31. The number of pyridine rings is 1. The molecule has 1 N–H and O–H groups in total. The van der Waals surface area contributed by atoms with Gasteiger partial charge in [-0.05, 0) is 19.4 Å². The molecular formula is C11H12Cl2N2O2. The molecule has 0 aliphatic carbocycles. The highest BCUT2D eigenvalue weighted by Crippen LogP contribution is 2.20. The molecular weight excluding hydrogens is 263 g/mol. The lowest BCUT2D eigenvalue weighted by atomic mass is 10.1. The van der Waals surface area contributed by atoms with Crippen LogP contribution in [0.2, 0.25) is 10.2 Å². The Bertz CT molecular complexity index is 439. The molecule has 0 aromatic carbocycles. The molecule has 0 saturated carbocycles. The highest BCUT2D eigenvalue weighted by molar-refractivity contribution is 6.41. The molecule has 2 rings (SSSR count). The number of nitrogens with zero attached hydrogens (tertiary/aromatic N) is 1. The van der Waals surface area contributed by atoms with Crippen molar-refractivity contribution in [1.82, 2.24) is 10.3 Å². The molecule has 1 aliphatic rings. The van der Waals surface area contributed by atoms with Crippen molar-refractivity contribution in [3.05, 3.63) is 28.0 Å². The maximum atomic E-state index is 11.9. The Morgan fingerprint density at radius 2 is 2.35 bits per heavy atom. The van der Waals surface area contributed by atoms with E-state index in [1.807, 2.05) is 6.92 Å². The monoisotopic (exact) mass is 274 g/mol. The van der Waals surface area contributed by atoms with Gasteiger partial charge in [-0.25, -0.2) is 4.98 Å². The van der Waals surface area contributed by atoms with Crippen molar-refractivity contribution >= 4 is 29.1 Å². The van der Waals surface area contributed by atoms with Crippen molar-refractivity contribution in [2.45, 2.75) is 25.5 Å². The maximum absolute atomic E-state index is 11.9. The summed E-state index contributed by atoms with van der Waals surface area (Å²) >= 11 is 11.5. The van der Waals surface area contributed by atoms with Crippen LogP contribution in [0.5, 0.6) is 0 Å². The van der Waals surface area contributed by atoms with Crippen LogP contribution in [0.1, 0.15) is 23.7 Å². The molecule has 17 heavy (non-hydrogen) atoms. The van der Waals surface area contributed by atoms with Gasteiger partial charge in [-0.2, -0.15) is 0 Å². The van der Waals surface area contributed by atoms with E-state index in [4.69, 9.17) is 27.9 Å². The van der Waals surface area contributed by atoms with Crippen LogP contribution in [0, 0.1) is 0 Å². The molecule has 1 aromatic rings. The number of nitrogens with one attached hydrogen (secondary N) is 1. The summed E-state index contributed by atoms with van der Waals surface area (Å²) in [6.07, 6.45) is 2.26. The van der Waals surface area contributed by atoms with Gasteiger partial charge in [0.2, 0.25) is 0 Å². The summed E-state index contributed by atoms with van der Waals surface area (Å²) in [6.45, 7) is 2.61. The predicted molar refractivity (Wildman–Crippen MR) is 65.5 cm³/mol. The molecule has 0 spiro atoms. The number of carbonyl (C=O) groups excluding carboxylic acids is 1. The summed E-state index contributed by atoms with van der Waals surface area (Å²) in [7, 11) is 0. The van der Waals surface area contributed by atoms with Gasteiger partial charge in [0.25, 0.3) is 5.91 Å². The highest BCUT2D eigenvalue weighted by atomic mass is 35.5. The predicted octanol–water partition coefficient (Wildman–Crippen LogP) is 2.30. The van der Waals surface area contributed by atoms with Crippen molar-refractivity contribution in [2.24, 2.45) is 0 Å². The molecule has 0 bridgehead atoms. The topological polar surface area (TPSA) is 51.2 Å². The molecule has 1 aromatic heterocycles. The van der Waals surface area contributed by atoms with Crippen LogP contribution in [0.3, 0.4) is 0 Å². The number of halogens is 2. The minimum absolute atomic E-state index is 0.0367. The molecule has 1 amide bonds. The molecule has 0 radical (unpaired) electrons. The Morgan fingerprint density at radius 3 is 2.94 bits per heavy atom. The van der Waals surface area contributed by atoms with Gasteiger partial charge in [-0.1, -0.05) is 23.2 Å². The fraction of sp³-hybridized carbons (Fsp3) is 0.455. The van der Waals surface area contributed by atoms with Crippen LogP contribution < -0.4 is 5.32 Å². The second-order valence-corrected chi connectivity index (χ2v) is 4.71. The molecule has 2 atom stereocenters. The quantitative estimate of drug-likeness (QED) is 0.842. The zero-order valence-corrected chi connectivity index (χ0v) is 10.8. The number of hydrogen-bond donors (Lipinski definition) is 1. The van der Waals surface area contributed by atoms with Crippen LogP contribution in [0.15, 0.2) is 12.3 Å². The highest BCUT2D eigenvalue weighted by Gasteiger charge is 2.26. The summed E-state index contributed by atoms with van der Waals surface area (Å²) in [5.41, 5.74) is 0.401.